The minimum Gasteiger partial charge on any atom is -0.349 e. The predicted molar refractivity (Wildman–Crippen MR) is 64.1 cm³/mol. The maximum absolute atomic E-state index is 11.8. The van der Waals surface area contributed by atoms with Crippen molar-refractivity contribution in [3.8, 4) is 0 Å². The lowest BCUT2D eigenvalue weighted by molar-refractivity contribution is 0.0936. The van der Waals surface area contributed by atoms with Gasteiger partial charge < -0.3 is 9.88 Å². The lowest BCUT2D eigenvalue weighted by Crippen LogP contribution is -2.43. The van der Waals surface area contributed by atoms with Gasteiger partial charge in [-0.25, -0.2) is 4.79 Å². The average Bonchev–Trinajstić information content (AvgIpc) is 2.30. The number of carbonyl (C=O) groups is 1. The molecule has 17 heavy (non-hydrogen) atoms. The summed E-state index contributed by atoms with van der Waals surface area (Å²) in [6.45, 7) is 3.79. The summed E-state index contributed by atoms with van der Waals surface area (Å²) in [6.07, 6.45) is 2.04. The van der Waals surface area contributed by atoms with Crippen LogP contribution in [0.15, 0.2) is 15.8 Å². The third-order valence-electron chi connectivity index (χ3n) is 2.68. The number of rotatable bonds is 3. The number of aryl methyl sites for hydroxylation is 1. The minimum atomic E-state index is -0.575. The van der Waals surface area contributed by atoms with E-state index in [4.69, 9.17) is 0 Å². The molecular formula is C11H17N3O3. The zero-order valence-corrected chi connectivity index (χ0v) is 10.5. The third kappa shape index (κ3) is 2.64. The maximum Gasteiger partial charge on any atom is 0.330 e. The van der Waals surface area contributed by atoms with Crippen LogP contribution in [-0.4, -0.2) is 21.1 Å². The van der Waals surface area contributed by atoms with Gasteiger partial charge in [0.25, 0.3) is 11.5 Å². The summed E-state index contributed by atoms with van der Waals surface area (Å²) in [7, 11) is 2.85. The predicted octanol–water partition coefficient (Wildman–Crippen LogP) is -0.388. The summed E-state index contributed by atoms with van der Waals surface area (Å²) in [5.74, 6) is -0.449. The van der Waals surface area contributed by atoms with E-state index in [-0.39, 0.29) is 11.6 Å². The first kappa shape index (κ1) is 13.2. The Kier molecular flexibility index (Phi) is 3.88. The molecular weight excluding hydrogens is 222 g/mol. The molecule has 1 amide bonds. The maximum atomic E-state index is 11.8. The second-order valence-corrected chi connectivity index (χ2v) is 4.08. The molecule has 0 bridgehead atoms. The molecule has 1 aromatic heterocycles. The number of nitrogens with one attached hydrogen (secondary N) is 1. The number of carbonyl (C=O) groups excluding carboxylic acids is 1. The van der Waals surface area contributed by atoms with E-state index < -0.39 is 17.2 Å². The van der Waals surface area contributed by atoms with Crippen LogP contribution in [0.4, 0.5) is 0 Å². The van der Waals surface area contributed by atoms with Crippen molar-refractivity contribution in [3.63, 3.8) is 0 Å². The van der Waals surface area contributed by atoms with Crippen LogP contribution in [-0.2, 0) is 14.1 Å². The normalized spacial score (nSPS) is 12.2. The van der Waals surface area contributed by atoms with E-state index in [1.165, 1.54) is 24.9 Å². The number of amides is 1. The van der Waals surface area contributed by atoms with E-state index in [0.29, 0.717) is 0 Å². The highest BCUT2D eigenvalue weighted by Gasteiger charge is 2.15. The molecule has 0 aliphatic heterocycles. The standard InChI is InChI=1S/C11H17N3O3/c1-5-7(2)12-9(15)8-6-13(3)11(17)14(4)10(8)16/h6-7H,5H2,1-4H3,(H,12,15). The molecule has 1 N–H and O–H groups in total. The van der Waals surface area contributed by atoms with Gasteiger partial charge in [-0.2, -0.15) is 0 Å². The fourth-order valence-corrected chi connectivity index (χ4v) is 1.37. The molecule has 0 aliphatic rings. The fourth-order valence-electron chi connectivity index (χ4n) is 1.37. The summed E-state index contributed by atoms with van der Waals surface area (Å²) in [4.78, 5) is 35.0. The smallest absolute Gasteiger partial charge is 0.330 e. The van der Waals surface area contributed by atoms with E-state index in [0.717, 1.165) is 11.0 Å². The van der Waals surface area contributed by atoms with Gasteiger partial charge >= 0.3 is 5.69 Å². The Morgan fingerprint density at radius 3 is 2.53 bits per heavy atom. The summed E-state index contributed by atoms with van der Waals surface area (Å²) < 4.78 is 2.14. The quantitative estimate of drug-likeness (QED) is 0.781. The van der Waals surface area contributed by atoms with Crippen molar-refractivity contribution >= 4 is 5.91 Å². The molecule has 0 spiro atoms. The van der Waals surface area contributed by atoms with E-state index in [9.17, 15) is 14.4 Å². The topological polar surface area (TPSA) is 73.1 Å². The highest BCUT2D eigenvalue weighted by molar-refractivity contribution is 5.93. The Morgan fingerprint density at radius 2 is 2.00 bits per heavy atom. The molecule has 1 aromatic rings. The molecule has 0 aromatic carbocycles. The van der Waals surface area contributed by atoms with Crippen LogP contribution in [0.1, 0.15) is 30.6 Å². The van der Waals surface area contributed by atoms with Gasteiger partial charge in [0.2, 0.25) is 0 Å². The monoisotopic (exact) mass is 239 g/mol. The first-order valence-electron chi connectivity index (χ1n) is 5.46. The lowest BCUT2D eigenvalue weighted by atomic mass is 10.2. The first-order valence-corrected chi connectivity index (χ1v) is 5.46. The number of aromatic nitrogens is 2. The van der Waals surface area contributed by atoms with Crippen LogP contribution in [0.25, 0.3) is 0 Å². The molecule has 6 nitrogen and oxygen atoms in total. The van der Waals surface area contributed by atoms with Gasteiger partial charge in [-0.05, 0) is 13.3 Å². The number of nitrogens with zero attached hydrogens (tertiary/aromatic N) is 2. The average molecular weight is 239 g/mol. The van der Waals surface area contributed by atoms with Crippen LogP contribution >= 0.6 is 0 Å². The van der Waals surface area contributed by atoms with Crippen LogP contribution in [0, 0.1) is 0 Å². The molecule has 6 heteroatoms. The number of hydrogen-bond acceptors (Lipinski definition) is 3. The summed E-state index contributed by atoms with van der Waals surface area (Å²) in [5, 5.41) is 2.69. The van der Waals surface area contributed by atoms with Gasteiger partial charge in [0.15, 0.2) is 0 Å². The van der Waals surface area contributed by atoms with E-state index in [1.807, 2.05) is 13.8 Å². The van der Waals surface area contributed by atoms with Gasteiger partial charge in [0.05, 0.1) is 0 Å². The molecule has 0 aliphatic carbocycles. The Balaban J connectivity index is 3.20. The van der Waals surface area contributed by atoms with Crippen molar-refractivity contribution in [1.82, 2.24) is 14.5 Å². The lowest BCUT2D eigenvalue weighted by Gasteiger charge is -2.12. The SMILES string of the molecule is CCC(C)NC(=O)c1cn(C)c(=O)n(C)c1=O. The molecule has 1 atom stereocenters. The zero-order chi connectivity index (χ0) is 13.2. The Morgan fingerprint density at radius 1 is 1.41 bits per heavy atom. The van der Waals surface area contributed by atoms with Crippen LogP contribution in [0.3, 0.4) is 0 Å². The fraction of sp³-hybridized carbons (Fsp3) is 0.545. The molecule has 0 saturated carbocycles. The van der Waals surface area contributed by atoms with Crippen molar-refractivity contribution in [3.05, 3.63) is 32.6 Å². The van der Waals surface area contributed by atoms with Crippen molar-refractivity contribution in [2.24, 2.45) is 14.1 Å². The molecule has 1 rings (SSSR count). The molecule has 0 saturated heterocycles. The second kappa shape index (κ2) is 4.99. The molecule has 1 heterocycles. The first-order chi connectivity index (χ1) is 7.88. The van der Waals surface area contributed by atoms with Crippen LogP contribution < -0.4 is 16.6 Å². The molecule has 94 valence electrons. The van der Waals surface area contributed by atoms with Gasteiger partial charge in [-0.1, -0.05) is 6.92 Å². The van der Waals surface area contributed by atoms with Crippen LogP contribution in [0.5, 0.6) is 0 Å². The van der Waals surface area contributed by atoms with E-state index >= 15 is 0 Å². The number of hydrogen-bond donors (Lipinski definition) is 1. The Hall–Kier alpha value is -1.85. The summed E-state index contributed by atoms with van der Waals surface area (Å²) in [5.41, 5.74) is -1.04. The second-order valence-electron chi connectivity index (χ2n) is 4.08. The van der Waals surface area contributed by atoms with Crippen molar-refractivity contribution in [2.75, 3.05) is 0 Å². The van der Waals surface area contributed by atoms with E-state index in [2.05, 4.69) is 5.32 Å². The van der Waals surface area contributed by atoms with Gasteiger partial charge in [-0.15, -0.1) is 0 Å². The Bertz CT molecular complexity index is 542. The highest BCUT2D eigenvalue weighted by Crippen LogP contribution is 1.93. The van der Waals surface area contributed by atoms with Crippen molar-refractivity contribution < 1.29 is 4.79 Å². The minimum absolute atomic E-state index is 0.00978. The van der Waals surface area contributed by atoms with Gasteiger partial charge in [-0.3, -0.25) is 14.2 Å². The Labute approximate surface area is 98.9 Å². The van der Waals surface area contributed by atoms with Gasteiger partial charge in [0.1, 0.15) is 5.56 Å². The van der Waals surface area contributed by atoms with Gasteiger partial charge in [0, 0.05) is 26.3 Å². The van der Waals surface area contributed by atoms with E-state index in [1.54, 1.807) is 0 Å². The largest absolute Gasteiger partial charge is 0.349 e. The van der Waals surface area contributed by atoms with Crippen LogP contribution in [0.2, 0.25) is 0 Å². The highest BCUT2D eigenvalue weighted by atomic mass is 16.2. The summed E-state index contributed by atoms with van der Waals surface area (Å²) >= 11 is 0. The zero-order valence-electron chi connectivity index (χ0n) is 10.5. The van der Waals surface area contributed by atoms with Crippen molar-refractivity contribution in [2.45, 2.75) is 26.3 Å². The third-order valence-corrected chi connectivity index (χ3v) is 2.68. The summed E-state index contributed by atoms with van der Waals surface area (Å²) in [6, 6.07) is -0.00978. The van der Waals surface area contributed by atoms with Crippen molar-refractivity contribution in [1.29, 1.82) is 0 Å². The molecule has 0 fully saturated rings. The molecule has 0 radical (unpaired) electrons. The molecule has 1 unspecified atom stereocenters.